The molecule has 9 heteroatoms. The van der Waals surface area contributed by atoms with Crippen molar-refractivity contribution in [3.05, 3.63) is 93.3 Å². The first-order valence-electron chi connectivity index (χ1n) is 8.73. The van der Waals surface area contributed by atoms with Gasteiger partial charge in [-0.1, -0.05) is 41.9 Å². The molecular formula is C21H13BrClFN2O3S. The lowest BCUT2D eigenvalue weighted by Crippen LogP contribution is -2.15. The van der Waals surface area contributed by atoms with E-state index in [2.05, 4.69) is 21.0 Å². The normalized spacial score (nSPS) is 11.7. The summed E-state index contributed by atoms with van der Waals surface area (Å²) in [6.07, 6.45) is 1.29. The monoisotopic (exact) mass is 506 g/mol. The van der Waals surface area contributed by atoms with Gasteiger partial charge < -0.3 is 0 Å². The van der Waals surface area contributed by atoms with Crippen molar-refractivity contribution in [1.82, 2.24) is 9.19 Å². The largest absolute Gasteiger partial charge is 0.294 e. The first kappa shape index (κ1) is 20.7. The highest BCUT2D eigenvalue weighted by Crippen LogP contribution is 2.27. The van der Waals surface area contributed by atoms with Gasteiger partial charge in [-0.25, -0.2) is 4.39 Å². The summed E-state index contributed by atoms with van der Waals surface area (Å²) in [5.74, 6) is -1.20. The Balaban J connectivity index is 1.76. The van der Waals surface area contributed by atoms with Crippen LogP contribution in [-0.2, 0) is 16.4 Å². The second kappa shape index (κ2) is 7.94. The van der Waals surface area contributed by atoms with Crippen LogP contribution in [0.3, 0.4) is 0 Å². The second-order valence-corrected chi connectivity index (χ2v) is 9.51. The van der Waals surface area contributed by atoms with E-state index in [1.807, 2.05) is 0 Å². The first-order chi connectivity index (χ1) is 14.3. The van der Waals surface area contributed by atoms with Gasteiger partial charge in [0.05, 0.1) is 22.3 Å². The molecule has 0 bridgehead atoms. The Morgan fingerprint density at radius 1 is 1.10 bits per heavy atom. The van der Waals surface area contributed by atoms with Gasteiger partial charge in [0.2, 0.25) is 0 Å². The molecule has 152 valence electrons. The van der Waals surface area contributed by atoms with Crippen LogP contribution in [0.15, 0.2) is 76.2 Å². The summed E-state index contributed by atoms with van der Waals surface area (Å²) < 4.78 is 41.6. The molecule has 0 unspecified atom stereocenters. The summed E-state index contributed by atoms with van der Waals surface area (Å²) >= 11 is 9.23. The highest BCUT2D eigenvalue weighted by atomic mass is 79.9. The van der Waals surface area contributed by atoms with Gasteiger partial charge in [-0.15, -0.1) is 0 Å². The third-order valence-corrected chi connectivity index (χ3v) is 7.48. The van der Waals surface area contributed by atoms with Crippen LogP contribution in [0.2, 0.25) is 5.02 Å². The number of hydrogen-bond donors (Lipinski definition) is 0. The number of Topliss-reactive ketones (excluding diaryl/α,β-unsaturated/α-hetero) is 1. The van der Waals surface area contributed by atoms with E-state index in [-0.39, 0.29) is 21.9 Å². The number of aromatic nitrogens is 2. The van der Waals surface area contributed by atoms with E-state index in [9.17, 15) is 17.6 Å². The maximum atomic E-state index is 14.0. The van der Waals surface area contributed by atoms with Gasteiger partial charge in [-0.2, -0.15) is 17.6 Å². The number of hydrogen-bond acceptors (Lipinski definition) is 4. The number of carbonyl (C=O) groups excluding carboxylic acids is 1. The van der Waals surface area contributed by atoms with Crippen LogP contribution in [0.5, 0.6) is 0 Å². The quantitative estimate of drug-likeness (QED) is 0.346. The van der Waals surface area contributed by atoms with Crippen LogP contribution in [0, 0.1) is 5.82 Å². The van der Waals surface area contributed by atoms with Crippen molar-refractivity contribution in [2.75, 3.05) is 0 Å². The van der Waals surface area contributed by atoms with Crippen molar-refractivity contribution < 1.29 is 17.6 Å². The molecule has 0 N–H and O–H groups in total. The average Bonchev–Trinajstić information content (AvgIpc) is 3.12. The van der Waals surface area contributed by atoms with Gasteiger partial charge in [0.25, 0.3) is 10.0 Å². The molecule has 4 aromatic rings. The summed E-state index contributed by atoms with van der Waals surface area (Å²) in [6.45, 7) is 0. The molecule has 0 saturated carbocycles. The van der Waals surface area contributed by atoms with Gasteiger partial charge in [0.1, 0.15) is 10.7 Å². The Hall–Kier alpha value is -2.55. The Morgan fingerprint density at radius 3 is 2.60 bits per heavy atom. The highest BCUT2D eigenvalue weighted by molar-refractivity contribution is 9.10. The molecular weight excluding hydrogens is 495 g/mol. The number of halogens is 3. The summed E-state index contributed by atoms with van der Waals surface area (Å²) in [5.41, 5.74) is 0.639. The molecule has 0 radical (unpaired) electrons. The number of nitrogens with zero attached hydrogens (tertiary/aromatic N) is 2. The molecule has 0 spiro atoms. The number of ketones is 1. The topological polar surface area (TPSA) is 69.0 Å². The minimum atomic E-state index is -3.97. The van der Waals surface area contributed by atoms with Crippen LogP contribution in [-0.4, -0.2) is 23.4 Å². The van der Waals surface area contributed by atoms with Crippen molar-refractivity contribution >= 4 is 54.2 Å². The minimum absolute atomic E-state index is 0.0302. The van der Waals surface area contributed by atoms with Crippen molar-refractivity contribution in [3.8, 4) is 0 Å². The molecule has 0 aliphatic rings. The second-order valence-electron chi connectivity index (χ2n) is 6.51. The lowest BCUT2D eigenvalue weighted by molar-refractivity contribution is 0.0989. The predicted molar refractivity (Wildman–Crippen MR) is 116 cm³/mol. The van der Waals surface area contributed by atoms with Crippen LogP contribution in [0.25, 0.3) is 10.9 Å². The van der Waals surface area contributed by atoms with E-state index in [4.69, 9.17) is 11.6 Å². The van der Waals surface area contributed by atoms with Gasteiger partial charge in [-0.05, 0) is 51.8 Å². The zero-order chi connectivity index (χ0) is 21.5. The van der Waals surface area contributed by atoms with Gasteiger partial charge in [0.15, 0.2) is 5.78 Å². The van der Waals surface area contributed by atoms with Gasteiger partial charge in [-0.3, -0.25) is 4.79 Å². The minimum Gasteiger partial charge on any atom is -0.294 e. The first-order valence-corrected chi connectivity index (χ1v) is 11.3. The summed E-state index contributed by atoms with van der Waals surface area (Å²) in [6, 6.07) is 15.4. The molecule has 30 heavy (non-hydrogen) atoms. The Labute approximate surface area is 185 Å². The van der Waals surface area contributed by atoms with Gasteiger partial charge >= 0.3 is 0 Å². The van der Waals surface area contributed by atoms with E-state index in [0.29, 0.717) is 20.9 Å². The fraction of sp³-hybridized carbons (Fsp3) is 0.0476. The van der Waals surface area contributed by atoms with Gasteiger partial charge in [0, 0.05) is 16.3 Å². The smallest absolute Gasteiger partial charge is 0.284 e. The average molecular weight is 508 g/mol. The fourth-order valence-electron chi connectivity index (χ4n) is 3.13. The van der Waals surface area contributed by atoms with E-state index in [1.54, 1.807) is 36.4 Å². The summed E-state index contributed by atoms with van der Waals surface area (Å²) in [4.78, 5) is 12.7. The molecule has 0 aliphatic heterocycles. The zero-order valence-electron chi connectivity index (χ0n) is 15.2. The number of benzene rings is 3. The standard InChI is InChI=1S/C21H13BrClFN2O3S/c22-15-4-1-2-7-20(15)30(28,29)26-18-10-13(8-9-14(18)12-25-26)11-19(27)21-16(23)5-3-6-17(21)24/h1-10,12H,11H2. The third kappa shape index (κ3) is 3.66. The van der Waals surface area contributed by atoms with E-state index in [1.165, 1.54) is 30.5 Å². The number of rotatable bonds is 5. The SMILES string of the molecule is O=C(Cc1ccc2cnn(S(=O)(=O)c3ccccc3Br)c2c1)c1c(F)cccc1Cl. The van der Waals surface area contributed by atoms with Crippen LogP contribution in [0.1, 0.15) is 15.9 Å². The summed E-state index contributed by atoms with van der Waals surface area (Å²) in [5, 5.41) is 4.65. The molecule has 0 saturated heterocycles. The molecule has 1 aromatic heterocycles. The molecule has 5 nitrogen and oxygen atoms in total. The molecule has 0 amide bonds. The maximum absolute atomic E-state index is 14.0. The molecule has 3 aromatic carbocycles. The third-order valence-electron chi connectivity index (χ3n) is 4.55. The van der Waals surface area contributed by atoms with E-state index >= 15 is 0 Å². The molecule has 0 fully saturated rings. The Kier molecular flexibility index (Phi) is 5.48. The van der Waals surface area contributed by atoms with Crippen LogP contribution in [0.4, 0.5) is 4.39 Å². The summed E-state index contributed by atoms with van der Waals surface area (Å²) in [7, 11) is -3.97. The van der Waals surface area contributed by atoms with E-state index in [0.717, 1.165) is 4.09 Å². The van der Waals surface area contributed by atoms with E-state index < -0.39 is 21.6 Å². The van der Waals surface area contributed by atoms with Crippen molar-refractivity contribution in [2.24, 2.45) is 0 Å². The fourth-order valence-corrected chi connectivity index (χ4v) is 5.63. The highest BCUT2D eigenvalue weighted by Gasteiger charge is 2.23. The number of fused-ring (bicyclic) bond motifs is 1. The van der Waals surface area contributed by atoms with Crippen molar-refractivity contribution in [3.63, 3.8) is 0 Å². The molecule has 0 atom stereocenters. The van der Waals surface area contributed by atoms with Crippen molar-refractivity contribution in [1.29, 1.82) is 0 Å². The Bertz CT molecular complexity index is 1380. The zero-order valence-corrected chi connectivity index (χ0v) is 18.4. The lowest BCUT2D eigenvalue weighted by Gasteiger charge is -2.09. The number of carbonyl (C=O) groups is 1. The molecule has 4 rings (SSSR count). The van der Waals surface area contributed by atoms with Crippen molar-refractivity contribution in [2.45, 2.75) is 11.3 Å². The predicted octanol–water partition coefficient (Wildman–Crippen LogP) is 5.25. The van der Waals surface area contributed by atoms with Crippen LogP contribution >= 0.6 is 27.5 Å². The Morgan fingerprint density at radius 2 is 1.87 bits per heavy atom. The van der Waals surface area contributed by atoms with Crippen LogP contribution < -0.4 is 0 Å². The lowest BCUT2D eigenvalue weighted by atomic mass is 10.0. The molecule has 0 aliphatic carbocycles. The molecule has 1 heterocycles. The maximum Gasteiger partial charge on any atom is 0.284 e.